The molecule has 0 heterocycles. The maximum atomic E-state index is 11.1. The van der Waals surface area contributed by atoms with Gasteiger partial charge in [-0.15, -0.1) is 0 Å². The van der Waals surface area contributed by atoms with Gasteiger partial charge < -0.3 is 14.6 Å². The molecule has 0 fully saturated rings. The van der Waals surface area contributed by atoms with E-state index in [9.17, 15) is 4.79 Å². The Labute approximate surface area is 106 Å². The molecule has 0 saturated carbocycles. The van der Waals surface area contributed by atoms with Crippen molar-refractivity contribution in [1.82, 2.24) is 5.43 Å². The molecule has 0 aliphatic rings. The monoisotopic (exact) mass is 254 g/mol. The first-order valence-corrected chi connectivity index (χ1v) is 5.39. The van der Waals surface area contributed by atoms with Gasteiger partial charge in [0.05, 0.1) is 14.2 Å². The van der Waals surface area contributed by atoms with Gasteiger partial charge in [-0.05, 0) is 24.6 Å². The Bertz CT molecular complexity index is 436. The second-order valence-electron chi connectivity index (χ2n) is 4.15. The largest absolute Gasteiger partial charge is 0.493 e. The molecule has 100 valence electrons. The van der Waals surface area contributed by atoms with Crippen LogP contribution in [0.3, 0.4) is 0 Å². The minimum absolute atomic E-state index is 0.235. The molecule has 6 nitrogen and oxygen atoms in total. The summed E-state index contributed by atoms with van der Waals surface area (Å²) in [5, 5.41) is 9.12. The average Bonchev–Trinajstić information content (AvgIpc) is 2.38. The standard InChI is InChI=1S/C12H18N2O4/c1-12(14-13,11(15)16)7-8-4-5-9(17-2)10(6-8)18-3/h4-6,14H,7,13H2,1-3H3,(H,15,16)/t12-/m1/s1. The molecule has 0 unspecified atom stereocenters. The van der Waals surface area contributed by atoms with E-state index in [0.29, 0.717) is 11.5 Å². The van der Waals surface area contributed by atoms with Crippen LogP contribution in [-0.2, 0) is 11.2 Å². The number of benzene rings is 1. The number of nitrogens with one attached hydrogen (secondary N) is 1. The molecule has 0 radical (unpaired) electrons. The highest BCUT2D eigenvalue weighted by molar-refractivity contribution is 5.78. The van der Waals surface area contributed by atoms with Crippen molar-refractivity contribution in [3.63, 3.8) is 0 Å². The lowest BCUT2D eigenvalue weighted by Crippen LogP contribution is -2.54. The van der Waals surface area contributed by atoms with Gasteiger partial charge in [-0.1, -0.05) is 6.07 Å². The van der Waals surface area contributed by atoms with E-state index < -0.39 is 11.5 Å². The fourth-order valence-electron chi connectivity index (χ4n) is 1.59. The molecule has 0 aromatic heterocycles. The van der Waals surface area contributed by atoms with E-state index in [1.165, 1.54) is 14.0 Å². The number of methoxy groups -OCH3 is 2. The number of carboxylic acid groups (broad SMARTS) is 1. The number of rotatable bonds is 6. The molecule has 1 aromatic carbocycles. The Morgan fingerprint density at radius 1 is 1.39 bits per heavy atom. The van der Waals surface area contributed by atoms with Crippen LogP contribution >= 0.6 is 0 Å². The van der Waals surface area contributed by atoms with Crippen LogP contribution in [0.25, 0.3) is 0 Å². The summed E-state index contributed by atoms with van der Waals surface area (Å²) >= 11 is 0. The third kappa shape index (κ3) is 2.91. The molecule has 18 heavy (non-hydrogen) atoms. The molecule has 6 heteroatoms. The summed E-state index contributed by atoms with van der Waals surface area (Å²) in [7, 11) is 3.07. The average molecular weight is 254 g/mol. The summed E-state index contributed by atoms with van der Waals surface area (Å²) in [6.45, 7) is 1.52. The molecule has 0 saturated heterocycles. The van der Waals surface area contributed by atoms with Crippen LogP contribution in [0.4, 0.5) is 0 Å². The van der Waals surface area contributed by atoms with Crippen molar-refractivity contribution < 1.29 is 19.4 Å². The number of ether oxygens (including phenoxy) is 2. The number of carboxylic acids is 1. The van der Waals surface area contributed by atoms with Gasteiger partial charge in [-0.3, -0.25) is 10.6 Å². The van der Waals surface area contributed by atoms with Gasteiger partial charge in [0.2, 0.25) is 0 Å². The van der Waals surface area contributed by atoms with E-state index in [1.54, 1.807) is 25.3 Å². The predicted octanol–water partition coefficient (Wildman–Crippen LogP) is 0.553. The minimum Gasteiger partial charge on any atom is -0.493 e. The molecule has 0 spiro atoms. The molecule has 1 atom stereocenters. The van der Waals surface area contributed by atoms with Crippen molar-refractivity contribution >= 4 is 5.97 Å². The molecule has 1 rings (SSSR count). The maximum absolute atomic E-state index is 11.1. The summed E-state index contributed by atoms with van der Waals surface area (Å²) in [4.78, 5) is 11.1. The van der Waals surface area contributed by atoms with Gasteiger partial charge in [-0.2, -0.15) is 0 Å². The van der Waals surface area contributed by atoms with Crippen LogP contribution < -0.4 is 20.7 Å². The Kier molecular flexibility index (Phi) is 4.52. The molecule has 4 N–H and O–H groups in total. The fraction of sp³-hybridized carbons (Fsp3) is 0.417. The van der Waals surface area contributed by atoms with Crippen molar-refractivity contribution in [3.8, 4) is 11.5 Å². The van der Waals surface area contributed by atoms with Crippen molar-refractivity contribution in [2.45, 2.75) is 18.9 Å². The normalized spacial score (nSPS) is 13.8. The van der Waals surface area contributed by atoms with Crippen LogP contribution in [0.1, 0.15) is 12.5 Å². The number of hydrogen-bond acceptors (Lipinski definition) is 5. The molecule has 0 bridgehead atoms. The van der Waals surface area contributed by atoms with Gasteiger partial charge in [0.25, 0.3) is 0 Å². The van der Waals surface area contributed by atoms with Crippen LogP contribution in [-0.4, -0.2) is 30.8 Å². The maximum Gasteiger partial charge on any atom is 0.325 e. The molecular formula is C12H18N2O4. The Hall–Kier alpha value is -1.79. The highest BCUT2D eigenvalue weighted by atomic mass is 16.5. The second-order valence-corrected chi connectivity index (χ2v) is 4.15. The summed E-state index contributed by atoms with van der Waals surface area (Å²) in [6, 6.07) is 5.24. The SMILES string of the molecule is COc1ccc(C[C@@](C)(NN)C(=O)O)cc1OC. The van der Waals surface area contributed by atoms with Gasteiger partial charge in [0.15, 0.2) is 11.5 Å². The van der Waals surface area contributed by atoms with Crippen LogP contribution in [0, 0.1) is 0 Å². The number of hydrogen-bond donors (Lipinski definition) is 3. The third-order valence-corrected chi connectivity index (χ3v) is 2.80. The zero-order valence-electron chi connectivity index (χ0n) is 10.7. The number of nitrogens with two attached hydrogens (primary N) is 1. The van der Waals surface area contributed by atoms with E-state index in [0.717, 1.165) is 5.56 Å². The van der Waals surface area contributed by atoms with Gasteiger partial charge in [0, 0.05) is 6.42 Å². The highest BCUT2D eigenvalue weighted by Gasteiger charge is 2.32. The molecule has 0 amide bonds. The van der Waals surface area contributed by atoms with Crippen molar-refractivity contribution in [2.75, 3.05) is 14.2 Å². The summed E-state index contributed by atoms with van der Waals surface area (Å²) in [6.07, 6.45) is 0.235. The highest BCUT2D eigenvalue weighted by Crippen LogP contribution is 2.28. The van der Waals surface area contributed by atoms with E-state index in [-0.39, 0.29) is 6.42 Å². The lowest BCUT2D eigenvalue weighted by Gasteiger charge is -2.24. The van der Waals surface area contributed by atoms with Crippen molar-refractivity contribution in [3.05, 3.63) is 23.8 Å². The van der Waals surface area contributed by atoms with Gasteiger partial charge >= 0.3 is 5.97 Å². The topological polar surface area (TPSA) is 93.8 Å². The van der Waals surface area contributed by atoms with Gasteiger partial charge in [-0.25, -0.2) is 5.43 Å². The van der Waals surface area contributed by atoms with E-state index >= 15 is 0 Å². The number of aliphatic carboxylic acids is 1. The summed E-state index contributed by atoms with van der Waals surface area (Å²) in [5.74, 6) is 5.43. The van der Waals surface area contributed by atoms with Crippen LogP contribution in [0.2, 0.25) is 0 Å². The number of carbonyl (C=O) groups is 1. The summed E-state index contributed by atoms with van der Waals surface area (Å²) < 4.78 is 10.3. The third-order valence-electron chi connectivity index (χ3n) is 2.80. The molecule has 0 aliphatic heterocycles. The van der Waals surface area contributed by atoms with Crippen molar-refractivity contribution in [1.29, 1.82) is 0 Å². The molecular weight excluding hydrogens is 236 g/mol. The Balaban J connectivity index is 3.01. The Morgan fingerprint density at radius 2 is 2.00 bits per heavy atom. The molecule has 0 aliphatic carbocycles. The van der Waals surface area contributed by atoms with Gasteiger partial charge in [0.1, 0.15) is 5.54 Å². The minimum atomic E-state index is -1.22. The smallest absolute Gasteiger partial charge is 0.325 e. The predicted molar refractivity (Wildman–Crippen MR) is 66.6 cm³/mol. The number of hydrazine groups is 1. The zero-order valence-corrected chi connectivity index (χ0v) is 10.7. The molecule has 1 aromatic rings. The van der Waals surface area contributed by atoms with E-state index in [1.807, 2.05) is 0 Å². The first kappa shape index (κ1) is 14.3. The fourth-order valence-corrected chi connectivity index (χ4v) is 1.59. The second kappa shape index (κ2) is 5.70. The quantitative estimate of drug-likeness (QED) is 0.507. The van der Waals surface area contributed by atoms with E-state index in [2.05, 4.69) is 5.43 Å². The summed E-state index contributed by atoms with van der Waals surface area (Å²) in [5.41, 5.74) is 1.89. The first-order chi connectivity index (χ1) is 8.46. The Morgan fingerprint density at radius 3 is 2.44 bits per heavy atom. The first-order valence-electron chi connectivity index (χ1n) is 5.39. The van der Waals surface area contributed by atoms with Crippen LogP contribution in [0.15, 0.2) is 18.2 Å². The lowest BCUT2D eigenvalue weighted by molar-refractivity contribution is -0.144. The van der Waals surface area contributed by atoms with E-state index in [4.69, 9.17) is 20.4 Å². The lowest BCUT2D eigenvalue weighted by atomic mass is 9.93. The van der Waals surface area contributed by atoms with Crippen LogP contribution in [0.5, 0.6) is 11.5 Å². The van der Waals surface area contributed by atoms with Crippen molar-refractivity contribution in [2.24, 2.45) is 5.84 Å². The zero-order chi connectivity index (χ0) is 13.8.